The van der Waals surface area contributed by atoms with Gasteiger partial charge in [-0.3, -0.25) is 9.59 Å². The molecule has 1 saturated heterocycles. The maximum Gasteiger partial charge on any atom is 0.305 e. The van der Waals surface area contributed by atoms with E-state index in [-0.39, 0.29) is 36.9 Å². The first kappa shape index (κ1) is 18.7. The molecule has 7 heteroatoms. The molecular weight excluding hydrogens is 336 g/mol. The summed E-state index contributed by atoms with van der Waals surface area (Å²) < 4.78 is 27.2. The predicted molar refractivity (Wildman–Crippen MR) is 88.7 cm³/mol. The van der Waals surface area contributed by atoms with Crippen LogP contribution in [0.25, 0.3) is 0 Å². The number of carboxylic acid groups (broad SMARTS) is 1. The quantitative estimate of drug-likeness (QED) is 0.813. The Morgan fingerprint density at radius 3 is 2.62 bits per heavy atom. The van der Waals surface area contributed by atoms with E-state index in [0.29, 0.717) is 6.42 Å². The second kappa shape index (κ2) is 9.01. The van der Waals surface area contributed by atoms with Crippen LogP contribution < -0.4 is 0 Å². The molecule has 0 aliphatic carbocycles. The molecule has 1 aromatic rings. The van der Waals surface area contributed by atoms with E-state index >= 15 is 0 Å². The average Bonchev–Trinajstić information content (AvgIpc) is 2.56. The first-order chi connectivity index (χ1) is 11.5. The van der Waals surface area contributed by atoms with E-state index in [1.165, 1.54) is 17.0 Å². The molecule has 2 rings (SSSR count). The highest BCUT2D eigenvalue weighted by molar-refractivity contribution is 7.99. The van der Waals surface area contributed by atoms with Crippen LogP contribution >= 0.6 is 11.8 Å². The van der Waals surface area contributed by atoms with Crippen molar-refractivity contribution in [3.8, 4) is 0 Å². The van der Waals surface area contributed by atoms with E-state index in [1.54, 1.807) is 0 Å². The summed E-state index contributed by atoms with van der Waals surface area (Å²) in [5.41, 5.74) is 0.0629. The lowest BCUT2D eigenvalue weighted by molar-refractivity contribution is -0.139. The molecule has 0 bridgehead atoms. The molecule has 4 nitrogen and oxygen atoms in total. The van der Waals surface area contributed by atoms with Gasteiger partial charge in [0.25, 0.3) is 0 Å². The van der Waals surface area contributed by atoms with Crippen LogP contribution in [0.3, 0.4) is 0 Å². The monoisotopic (exact) mass is 357 g/mol. The Bertz CT molecular complexity index is 591. The lowest BCUT2D eigenvalue weighted by atomic mass is 9.98. The van der Waals surface area contributed by atoms with Gasteiger partial charge in [-0.1, -0.05) is 12.1 Å². The number of carbonyl (C=O) groups excluding carboxylic acids is 1. The first-order valence-corrected chi connectivity index (χ1v) is 9.13. The number of hydrogen-bond acceptors (Lipinski definition) is 3. The fourth-order valence-electron chi connectivity index (χ4n) is 2.73. The van der Waals surface area contributed by atoms with Crippen molar-refractivity contribution in [1.29, 1.82) is 0 Å². The fraction of sp³-hybridized carbons (Fsp3) is 0.529. The van der Waals surface area contributed by atoms with Crippen molar-refractivity contribution in [2.45, 2.75) is 32.2 Å². The fourth-order valence-corrected chi connectivity index (χ4v) is 3.93. The second-order valence-electron chi connectivity index (χ2n) is 5.93. The van der Waals surface area contributed by atoms with Gasteiger partial charge in [0.1, 0.15) is 0 Å². The molecule has 1 N–H and O–H groups in total. The molecule has 1 amide bonds. The summed E-state index contributed by atoms with van der Waals surface area (Å²) in [5.74, 6) is -0.860. The van der Waals surface area contributed by atoms with Gasteiger partial charge in [0, 0.05) is 25.1 Å². The number of aliphatic carboxylic acids is 1. The number of thioether (sulfide) groups is 1. The topological polar surface area (TPSA) is 57.6 Å². The normalized spacial score (nSPS) is 15.2. The smallest absolute Gasteiger partial charge is 0.305 e. The van der Waals surface area contributed by atoms with Crippen LogP contribution in [0.4, 0.5) is 8.78 Å². The molecular formula is C17H21F2NO3S. The number of amides is 1. The van der Waals surface area contributed by atoms with Gasteiger partial charge >= 0.3 is 5.97 Å². The number of carbonyl (C=O) groups is 2. The van der Waals surface area contributed by atoms with Crippen LogP contribution in [-0.2, 0) is 16.1 Å². The summed E-state index contributed by atoms with van der Waals surface area (Å²) >= 11 is 1.86. The lowest BCUT2D eigenvalue weighted by Crippen LogP contribution is -2.34. The number of carboxylic acids is 1. The maximum absolute atomic E-state index is 13.9. The molecule has 0 radical (unpaired) electrons. The van der Waals surface area contributed by atoms with Gasteiger partial charge in [-0.25, -0.2) is 8.78 Å². The minimum atomic E-state index is -1.03. The van der Waals surface area contributed by atoms with Crippen molar-refractivity contribution < 1.29 is 23.5 Å². The molecule has 0 spiro atoms. The van der Waals surface area contributed by atoms with Gasteiger partial charge in [-0.2, -0.15) is 11.8 Å². The Labute approximate surface area is 144 Å². The highest BCUT2D eigenvalue weighted by atomic mass is 32.2. The molecule has 1 aliphatic heterocycles. The number of hydrogen-bond donors (Lipinski definition) is 1. The SMILES string of the molecule is O=C(O)CCN(Cc1cccc(F)c1F)C(=O)CC1CCSCC1. The third kappa shape index (κ3) is 5.47. The van der Waals surface area contributed by atoms with E-state index in [1.807, 2.05) is 11.8 Å². The van der Waals surface area contributed by atoms with Crippen molar-refractivity contribution in [1.82, 2.24) is 4.90 Å². The van der Waals surface area contributed by atoms with Crippen molar-refractivity contribution in [3.63, 3.8) is 0 Å². The van der Waals surface area contributed by atoms with E-state index in [2.05, 4.69) is 0 Å². The molecule has 0 unspecified atom stereocenters. The van der Waals surface area contributed by atoms with E-state index < -0.39 is 17.6 Å². The minimum Gasteiger partial charge on any atom is -0.481 e. The van der Waals surface area contributed by atoms with Crippen molar-refractivity contribution in [2.75, 3.05) is 18.1 Å². The zero-order valence-electron chi connectivity index (χ0n) is 13.3. The highest BCUT2D eigenvalue weighted by Crippen LogP contribution is 2.26. The number of halogens is 2. The number of nitrogens with zero attached hydrogens (tertiary/aromatic N) is 1. The van der Waals surface area contributed by atoms with Gasteiger partial charge in [0.05, 0.1) is 6.42 Å². The Kier molecular flexibility index (Phi) is 7.02. The Morgan fingerprint density at radius 2 is 1.96 bits per heavy atom. The zero-order valence-corrected chi connectivity index (χ0v) is 14.2. The average molecular weight is 357 g/mol. The summed E-state index contributed by atoms with van der Waals surface area (Å²) in [6.07, 6.45) is 2.02. The number of benzene rings is 1. The van der Waals surface area contributed by atoms with Crippen molar-refractivity contribution >= 4 is 23.6 Å². The van der Waals surface area contributed by atoms with Crippen molar-refractivity contribution in [3.05, 3.63) is 35.4 Å². The summed E-state index contributed by atoms with van der Waals surface area (Å²) in [4.78, 5) is 24.7. The van der Waals surface area contributed by atoms with Crippen LogP contribution in [0, 0.1) is 17.6 Å². The van der Waals surface area contributed by atoms with Gasteiger partial charge in [-0.15, -0.1) is 0 Å². The summed E-state index contributed by atoms with van der Waals surface area (Å²) in [6.45, 7) is -0.122. The lowest BCUT2D eigenvalue weighted by Gasteiger charge is -2.26. The van der Waals surface area contributed by atoms with E-state index in [0.717, 1.165) is 30.4 Å². The van der Waals surface area contributed by atoms with Crippen LogP contribution in [0.15, 0.2) is 18.2 Å². The zero-order chi connectivity index (χ0) is 17.5. The molecule has 24 heavy (non-hydrogen) atoms. The third-order valence-electron chi connectivity index (χ3n) is 4.15. The van der Waals surface area contributed by atoms with Gasteiger partial charge in [0.2, 0.25) is 5.91 Å². The molecule has 1 heterocycles. The molecule has 0 saturated carbocycles. The Hall–Kier alpha value is -1.63. The molecule has 132 valence electrons. The summed E-state index contributed by atoms with van der Waals surface area (Å²) in [7, 11) is 0. The first-order valence-electron chi connectivity index (χ1n) is 7.97. The number of rotatable bonds is 7. The second-order valence-corrected chi connectivity index (χ2v) is 7.16. The predicted octanol–water partition coefficient (Wildman–Crippen LogP) is 3.30. The summed E-state index contributed by atoms with van der Waals surface area (Å²) in [5, 5.41) is 8.86. The van der Waals surface area contributed by atoms with Crippen LogP contribution in [-0.4, -0.2) is 39.9 Å². The molecule has 1 fully saturated rings. The van der Waals surface area contributed by atoms with Crippen LogP contribution in [0.1, 0.15) is 31.2 Å². The van der Waals surface area contributed by atoms with Gasteiger partial charge in [0.15, 0.2) is 11.6 Å². The molecule has 0 atom stereocenters. The largest absolute Gasteiger partial charge is 0.481 e. The molecule has 1 aliphatic rings. The molecule has 1 aromatic carbocycles. The van der Waals surface area contributed by atoms with Gasteiger partial charge in [-0.05, 0) is 36.3 Å². The van der Waals surface area contributed by atoms with E-state index in [4.69, 9.17) is 5.11 Å². The Balaban J connectivity index is 2.06. The summed E-state index contributed by atoms with van der Waals surface area (Å²) in [6, 6.07) is 3.81. The van der Waals surface area contributed by atoms with Gasteiger partial charge < -0.3 is 10.0 Å². The van der Waals surface area contributed by atoms with Crippen LogP contribution in [0.2, 0.25) is 0 Å². The minimum absolute atomic E-state index is 0.00834. The van der Waals surface area contributed by atoms with Crippen LogP contribution in [0.5, 0.6) is 0 Å². The highest BCUT2D eigenvalue weighted by Gasteiger charge is 2.23. The third-order valence-corrected chi connectivity index (χ3v) is 5.19. The van der Waals surface area contributed by atoms with E-state index in [9.17, 15) is 18.4 Å². The standard InChI is InChI=1S/C17H21F2NO3S/c18-14-3-1-2-13(17(14)19)11-20(7-4-16(22)23)15(21)10-12-5-8-24-9-6-12/h1-3,12H,4-11H2,(H,22,23). The Morgan fingerprint density at radius 1 is 1.25 bits per heavy atom. The molecule has 0 aromatic heterocycles. The van der Waals surface area contributed by atoms with Crippen molar-refractivity contribution in [2.24, 2.45) is 5.92 Å². The maximum atomic E-state index is 13.9.